The second-order valence-corrected chi connectivity index (χ2v) is 6.51. The van der Waals surface area contributed by atoms with Crippen LogP contribution in [-0.2, 0) is 0 Å². The van der Waals surface area contributed by atoms with Crippen molar-refractivity contribution in [3.8, 4) is 5.75 Å². The second-order valence-electron chi connectivity index (χ2n) is 6.51. The van der Waals surface area contributed by atoms with Crippen molar-refractivity contribution in [2.75, 3.05) is 27.2 Å². The first-order valence-electron chi connectivity index (χ1n) is 8.49. The number of hydrogen-bond acceptors (Lipinski definition) is 3. The highest BCUT2D eigenvalue weighted by atomic mass is 19.1. The summed E-state index contributed by atoms with van der Waals surface area (Å²) in [5, 5.41) is 1.06. The van der Waals surface area contributed by atoms with Crippen LogP contribution in [0.5, 0.6) is 5.75 Å². The minimum Gasteiger partial charge on any atom is -0.494 e. The van der Waals surface area contributed by atoms with Crippen molar-refractivity contribution in [1.29, 1.82) is 0 Å². The smallest absolute Gasteiger partial charge is 0.123 e. The minimum atomic E-state index is -0.191. The third-order valence-corrected chi connectivity index (χ3v) is 4.22. The van der Waals surface area contributed by atoms with Crippen molar-refractivity contribution >= 4 is 10.9 Å². The van der Waals surface area contributed by atoms with E-state index in [1.807, 2.05) is 50.5 Å². The van der Waals surface area contributed by atoms with E-state index in [4.69, 9.17) is 4.74 Å². The summed E-state index contributed by atoms with van der Waals surface area (Å²) >= 11 is 0. The van der Waals surface area contributed by atoms with Gasteiger partial charge in [0.2, 0.25) is 0 Å². The van der Waals surface area contributed by atoms with Gasteiger partial charge < -0.3 is 9.64 Å². The van der Waals surface area contributed by atoms with Gasteiger partial charge >= 0.3 is 0 Å². The molecule has 0 aliphatic rings. The molecule has 0 spiro atoms. The van der Waals surface area contributed by atoms with E-state index in [0.717, 1.165) is 35.2 Å². The predicted octanol–water partition coefficient (Wildman–Crippen LogP) is 4.49. The molecule has 3 nitrogen and oxygen atoms in total. The van der Waals surface area contributed by atoms with Crippen molar-refractivity contribution in [2.45, 2.75) is 12.3 Å². The molecule has 1 aromatic heterocycles. The SMILES string of the molecule is CN(C)CC(CCOc1ccc2ncccc2c1)c1cccc(F)c1. The molecule has 130 valence electrons. The zero-order valence-corrected chi connectivity index (χ0v) is 14.7. The fraction of sp³-hybridized carbons (Fsp3) is 0.286. The highest BCUT2D eigenvalue weighted by molar-refractivity contribution is 5.79. The van der Waals surface area contributed by atoms with Crippen molar-refractivity contribution in [3.05, 3.63) is 72.2 Å². The van der Waals surface area contributed by atoms with Gasteiger partial charge in [0.15, 0.2) is 0 Å². The standard InChI is InChI=1S/C21H23FN2O/c1-24(2)15-18(16-5-3-7-19(22)13-16)10-12-25-20-8-9-21-17(14-20)6-4-11-23-21/h3-9,11,13-14,18H,10,12,15H2,1-2H3. The van der Waals surface area contributed by atoms with Gasteiger partial charge in [-0.25, -0.2) is 4.39 Å². The molecule has 0 saturated heterocycles. The van der Waals surface area contributed by atoms with Gasteiger partial charge in [-0.1, -0.05) is 18.2 Å². The van der Waals surface area contributed by atoms with Gasteiger partial charge in [-0.2, -0.15) is 0 Å². The summed E-state index contributed by atoms with van der Waals surface area (Å²) in [5.41, 5.74) is 1.97. The summed E-state index contributed by atoms with van der Waals surface area (Å²) in [7, 11) is 4.06. The third-order valence-electron chi connectivity index (χ3n) is 4.22. The number of pyridine rings is 1. The van der Waals surface area contributed by atoms with E-state index in [-0.39, 0.29) is 11.7 Å². The lowest BCUT2D eigenvalue weighted by atomic mass is 9.95. The first-order valence-corrected chi connectivity index (χ1v) is 8.49. The molecule has 25 heavy (non-hydrogen) atoms. The summed E-state index contributed by atoms with van der Waals surface area (Å²) in [6.45, 7) is 1.44. The average Bonchev–Trinajstić information content (AvgIpc) is 2.60. The summed E-state index contributed by atoms with van der Waals surface area (Å²) in [6, 6.07) is 16.7. The number of aromatic nitrogens is 1. The molecule has 0 aliphatic heterocycles. The average molecular weight is 338 g/mol. The molecular formula is C21H23FN2O. The maximum atomic E-state index is 13.5. The molecule has 0 amide bonds. The first-order chi connectivity index (χ1) is 12.1. The third kappa shape index (κ3) is 4.77. The quantitative estimate of drug-likeness (QED) is 0.635. The zero-order valence-electron chi connectivity index (χ0n) is 14.7. The molecule has 0 fully saturated rings. The van der Waals surface area contributed by atoms with E-state index < -0.39 is 0 Å². The minimum absolute atomic E-state index is 0.191. The lowest BCUT2D eigenvalue weighted by Gasteiger charge is -2.22. The number of benzene rings is 2. The molecular weight excluding hydrogens is 315 g/mol. The fourth-order valence-corrected chi connectivity index (χ4v) is 3.03. The number of fused-ring (bicyclic) bond motifs is 1. The lowest BCUT2D eigenvalue weighted by Crippen LogP contribution is -2.22. The van der Waals surface area contributed by atoms with Gasteiger partial charge in [-0.3, -0.25) is 4.98 Å². The molecule has 0 saturated carbocycles. The predicted molar refractivity (Wildman–Crippen MR) is 99.6 cm³/mol. The van der Waals surface area contributed by atoms with Crippen LogP contribution in [0.2, 0.25) is 0 Å². The van der Waals surface area contributed by atoms with Gasteiger partial charge in [0.1, 0.15) is 11.6 Å². The largest absolute Gasteiger partial charge is 0.494 e. The molecule has 3 aromatic rings. The van der Waals surface area contributed by atoms with E-state index >= 15 is 0 Å². The number of likely N-dealkylation sites (N-methyl/N-ethyl adjacent to an activating group) is 1. The van der Waals surface area contributed by atoms with Crippen LogP contribution in [0, 0.1) is 5.82 Å². The number of ether oxygens (including phenoxy) is 1. The van der Waals surface area contributed by atoms with Gasteiger partial charge in [0.05, 0.1) is 12.1 Å². The summed E-state index contributed by atoms with van der Waals surface area (Å²) < 4.78 is 19.5. The van der Waals surface area contributed by atoms with E-state index in [0.29, 0.717) is 6.61 Å². The Hall–Kier alpha value is -2.46. The van der Waals surface area contributed by atoms with Crippen LogP contribution in [0.3, 0.4) is 0 Å². The summed E-state index contributed by atoms with van der Waals surface area (Å²) in [5.74, 6) is 0.875. The Bertz CT molecular complexity index is 835. The Kier molecular flexibility index (Phi) is 5.61. The van der Waals surface area contributed by atoms with Crippen LogP contribution in [0.25, 0.3) is 10.9 Å². The molecule has 1 unspecified atom stereocenters. The van der Waals surface area contributed by atoms with Gasteiger partial charge in [0, 0.05) is 18.1 Å². The topological polar surface area (TPSA) is 25.4 Å². The Morgan fingerprint density at radius 3 is 2.76 bits per heavy atom. The Balaban J connectivity index is 1.65. The van der Waals surface area contributed by atoms with E-state index in [9.17, 15) is 4.39 Å². The molecule has 3 rings (SSSR count). The van der Waals surface area contributed by atoms with Crippen LogP contribution in [0.15, 0.2) is 60.8 Å². The number of nitrogens with zero attached hydrogens (tertiary/aromatic N) is 2. The number of halogens is 1. The second kappa shape index (κ2) is 8.08. The Morgan fingerprint density at radius 2 is 1.96 bits per heavy atom. The monoisotopic (exact) mass is 338 g/mol. The van der Waals surface area contributed by atoms with E-state index in [2.05, 4.69) is 9.88 Å². The molecule has 4 heteroatoms. The normalized spacial score (nSPS) is 12.5. The van der Waals surface area contributed by atoms with Gasteiger partial charge in [-0.15, -0.1) is 0 Å². The fourth-order valence-electron chi connectivity index (χ4n) is 3.03. The summed E-state index contributed by atoms with van der Waals surface area (Å²) in [6.07, 6.45) is 2.61. The maximum Gasteiger partial charge on any atom is 0.123 e. The Labute approximate surface area is 148 Å². The highest BCUT2D eigenvalue weighted by Gasteiger charge is 2.14. The van der Waals surface area contributed by atoms with Crippen molar-refractivity contribution in [2.24, 2.45) is 0 Å². The van der Waals surface area contributed by atoms with Crippen LogP contribution >= 0.6 is 0 Å². The zero-order chi connectivity index (χ0) is 17.6. The number of rotatable bonds is 7. The molecule has 1 heterocycles. The molecule has 1 atom stereocenters. The maximum absolute atomic E-state index is 13.5. The van der Waals surface area contributed by atoms with E-state index in [1.54, 1.807) is 18.3 Å². The van der Waals surface area contributed by atoms with Crippen LogP contribution in [-0.4, -0.2) is 37.1 Å². The van der Waals surface area contributed by atoms with E-state index in [1.165, 1.54) is 6.07 Å². The molecule has 0 radical (unpaired) electrons. The van der Waals surface area contributed by atoms with Crippen molar-refractivity contribution in [1.82, 2.24) is 9.88 Å². The number of hydrogen-bond donors (Lipinski definition) is 0. The lowest BCUT2D eigenvalue weighted by molar-refractivity contribution is 0.276. The molecule has 2 aromatic carbocycles. The molecule has 0 aliphatic carbocycles. The van der Waals surface area contributed by atoms with Gasteiger partial charge in [0.25, 0.3) is 0 Å². The van der Waals surface area contributed by atoms with Crippen LogP contribution in [0.4, 0.5) is 4.39 Å². The molecule has 0 N–H and O–H groups in total. The molecule has 0 bridgehead atoms. The van der Waals surface area contributed by atoms with Crippen LogP contribution < -0.4 is 4.74 Å². The van der Waals surface area contributed by atoms with Gasteiger partial charge in [-0.05, 0) is 68.4 Å². The van der Waals surface area contributed by atoms with Crippen molar-refractivity contribution < 1.29 is 9.13 Å². The summed E-state index contributed by atoms with van der Waals surface area (Å²) in [4.78, 5) is 6.44. The van der Waals surface area contributed by atoms with Crippen LogP contribution in [0.1, 0.15) is 17.9 Å². The highest BCUT2D eigenvalue weighted by Crippen LogP contribution is 2.23. The first kappa shape index (κ1) is 17.4. The van der Waals surface area contributed by atoms with Crippen molar-refractivity contribution in [3.63, 3.8) is 0 Å². The Morgan fingerprint density at radius 1 is 1.08 bits per heavy atom.